The highest BCUT2D eigenvalue weighted by atomic mass is 16.5. The van der Waals surface area contributed by atoms with Gasteiger partial charge in [-0.25, -0.2) is 0 Å². The molecule has 2 aliphatic rings. The maximum Gasteiger partial charge on any atom is 0.119 e. The molecule has 0 bridgehead atoms. The first-order valence-corrected chi connectivity index (χ1v) is 7.07. The van der Waals surface area contributed by atoms with Crippen molar-refractivity contribution in [2.45, 2.75) is 12.5 Å². The van der Waals surface area contributed by atoms with Crippen molar-refractivity contribution >= 4 is 0 Å². The summed E-state index contributed by atoms with van der Waals surface area (Å²) in [4.78, 5) is 2.49. The molecule has 104 valence electrons. The lowest BCUT2D eigenvalue weighted by molar-refractivity contribution is 0.0331. The summed E-state index contributed by atoms with van der Waals surface area (Å²) in [6, 6.07) is 6.90. The SMILES string of the molecule is COc1ccc2c(c1)CCN[C@@H]2CN1CCOCC1. The Hall–Kier alpha value is -1.10. The normalized spacial score (nSPS) is 23.9. The molecular weight excluding hydrogens is 240 g/mol. The van der Waals surface area contributed by atoms with Crippen LogP contribution in [0.3, 0.4) is 0 Å². The van der Waals surface area contributed by atoms with E-state index in [0.29, 0.717) is 6.04 Å². The number of rotatable bonds is 3. The number of ether oxygens (including phenoxy) is 2. The zero-order valence-corrected chi connectivity index (χ0v) is 11.5. The molecule has 0 aromatic heterocycles. The van der Waals surface area contributed by atoms with Gasteiger partial charge in [-0.15, -0.1) is 0 Å². The van der Waals surface area contributed by atoms with Crippen molar-refractivity contribution in [2.75, 3.05) is 46.5 Å². The lowest BCUT2D eigenvalue weighted by Crippen LogP contribution is -2.43. The number of hydrogen-bond acceptors (Lipinski definition) is 4. The Morgan fingerprint density at radius 1 is 1.37 bits per heavy atom. The van der Waals surface area contributed by atoms with E-state index in [-0.39, 0.29) is 0 Å². The largest absolute Gasteiger partial charge is 0.497 e. The molecule has 2 heterocycles. The predicted molar refractivity (Wildman–Crippen MR) is 74.7 cm³/mol. The molecule has 4 nitrogen and oxygen atoms in total. The topological polar surface area (TPSA) is 33.7 Å². The third-order valence-electron chi connectivity index (χ3n) is 4.06. The van der Waals surface area contributed by atoms with E-state index >= 15 is 0 Å². The molecule has 0 spiro atoms. The standard InChI is InChI=1S/C15H22N2O2/c1-18-13-2-3-14-12(10-13)4-5-16-15(14)11-17-6-8-19-9-7-17/h2-3,10,15-16H,4-9,11H2,1H3/t15-/m1/s1. The van der Waals surface area contributed by atoms with Crippen LogP contribution in [0, 0.1) is 0 Å². The number of morpholine rings is 1. The van der Waals surface area contributed by atoms with Crippen molar-refractivity contribution in [3.8, 4) is 5.75 Å². The third-order valence-corrected chi connectivity index (χ3v) is 4.06. The van der Waals surface area contributed by atoms with Gasteiger partial charge in [0, 0.05) is 25.7 Å². The third kappa shape index (κ3) is 2.91. The van der Waals surface area contributed by atoms with Gasteiger partial charge in [0.2, 0.25) is 0 Å². The van der Waals surface area contributed by atoms with Crippen molar-refractivity contribution in [1.82, 2.24) is 10.2 Å². The van der Waals surface area contributed by atoms with Gasteiger partial charge in [-0.05, 0) is 36.2 Å². The average Bonchev–Trinajstić information content (AvgIpc) is 2.48. The fourth-order valence-electron chi connectivity index (χ4n) is 2.96. The number of nitrogens with one attached hydrogen (secondary N) is 1. The van der Waals surface area contributed by atoms with E-state index in [4.69, 9.17) is 9.47 Å². The molecule has 1 aromatic carbocycles. The molecule has 0 saturated carbocycles. The molecule has 1 N–H and O–H groups in total. The van der Waals surface area contributed by atoms with Crippen LogP contribution >= 0.6 is 0 Å². The zero-order chi connectivity index (χ0) is 13.1. The summed E-state index contributed by atoms with van der Waals surface area (Å²) < 4.78 is 10.7. The highest BCUT2D eigenvalue weighted by molar-refractivity contribution is 5.39. The number of hydrogen-bond donors (Lipinski definition) is 1. The van der Waals surface area contributed by atoms with Crippen LogP contribution in [0.25, 0.3) is 0 Å². The van der Waals surface area contributed by atoms with Gasteiger partial charge in [-0.1, -0.05) is 6.07 Å². The maximum atomic E-state index is 5.41. The molecule has 0 amide bonds. The Morgan fingerprint density at radius 3 is 3.00 bits per heavy atom. The summed E-state index contributed by atoms with van der Waals surface area (Å²) in [7, 11) is 1.73. The van der Waals surface area contributed by atoms with Crippen molar-refractivity contribution in [2.24, 2.45) is 0 Å². The van der Waals surface area contributed by atoms with Crippen LogP contribution in [0.4, 0.5) is 0 Å². The van der Waals surface area contributed by atoms with E-state index in [1.165, 1.54) is 11.1 Å². The van der Waals surface area contributed by atoms with E-state index in [1.54, 1.807) is 7.11 Å². The van der Waals surface area contributed by atoms with Crippen LogP contribution in [-0.2, 0) is 11.2 Å². The number of nitrogens with zero attached hydrogens (tertiary/aromatic N) is 1. The van der Waals surface area contributed by atoms with E-state index < -0.39 is 0 Å². The van der Waals surface area contributed by atoms with Gasteiger partial charge in [0.1, 0.15) is 5.75 Å². The van der Waals surface area contributed by atoms with Gasteiger partial charge >= 0.3 is 0 Å². The summed E-state index contributed by atoms with van der Waals surface area (Å²) in [5.74, 6) is 0.964. The minimum absolute atomic E-state index is 0.438. The van der Waals surface area contributed by atoms with Crippen molar-refractivity contribution in [3.05, 3.63) is 29.3 Å². The number of fused-ring (bicyclic) bond motifs is 1. The van der Waals surface area contributed by atoms with Gasteiger partial charge in [0.25, 0.3) is 0 Å². The molecular formula is C15H22N2O2. The molecule has 1 saturated heterocycles. The Labute approximate surface area is 114 Å². The van der Waals surface area contributed by atoms with Crippen LogP contribution < -0.4 is 10.1 Å². The molecule has 3 rings (SSSR count). The van der Waals surface area contributed by atoms with E-state index in [2.05, 4.69) is 28.4 Å². The highest BCUT2D eigenvalue weighted by Gasteiger charge is 2.23. The zero-order valence-electron chi connectivity index (χ0n) is 11.5. The Kier molecular flexibility index (Phi) is 4.01. The van der Waals surface area contributed by atoms with Gasteiger partial charge in [-0.2, -0.15) is 0 Å². The molecule has 2 aliphatic heterocycles. The molecule has 1 fully saturated rings. The van der Waals surface area contributed by atoms with Gasteiger partial charge < -0.3 is 14.8 Å². The molecule has 0 radical (unpaired) electrons. The van der Waals surface area contributed by atoms with E-state index in [1.807, 2.05) is 0 Å². The highest BCUT2D eigenvalue weighted by Crippen LogP contribution is 2.27. The lowest BCUT2D eigenvalue weighted by Gasteiger charge is -2.34. The van der Waals surface area contributed by atoms with Crippen molar-refractivity contribution in [1.29, 1.82) is 0 Å². The van der Waals surface area contributed by atoms with Crippen molar-refractivity contribution in [3.63, 3.8) is 0 Å². The van der Waals surface area contributed by atoms with Crippen LogP contribution in [0.1, 0.15) is 17.2 Å². The Bertz CT molecular complexity index is 430. The van der Waals surface area contributed by atoms with Crippen molar-refractivity contribution < 1.29 is 9.47 Å². The Morgan fingerprint density at radius 2 is 2.21 bits per heavy atom. The van der Waals surface area contributed by atoms with Crippen LogP contribution in [-0.4, -0.2) is 51.4 Å². The first-order chi connectivity index (χ1) is 9.36. The van der Waals surface area contributed by atoms with Crippen LogP contribution in [0.15, 0.2) is 18.2 Å². The molecule has 19 heavy (non-hydrogen) atoms. The fraction of sp³-hybridized carbons (Fsp3) is 0.600. The second-order valence-corrected chi connectivity index (χ2v) is 5.23. The summed E-state index contributed by atoms with van der Waals surface area (Å²) in [6.07, 6.45) is 1.09. The molecule has 4 heteroatoms. The first-order valence-electron chi connectivity index (χ1n) is 7.07. The number of benzene rings is 1. The second-order valence-electron chi connectivity index (χ2n) is 5.23. The second kappa shape index (κ2) is 5.90. The fourth-order valence-corrected chi connectivity index (χ4v) is 2.96. The average molecular weight is 262 g/mol. The minimum Gasteiger partial charge on any atom is -0.497 e. The van der Waals surface area contributed by atoms with Crippen LogP contribution in [0.2, 0.25) is 0 Å². The summed E-state index contributed by atoms with van der Waals surface area (Å²) in [5.41, 5.74) is 2.86. The van der Waals surface area contributed by atoms with Gasteiger partial charge in [-0.3, -0.25) is 4.90 Å². The maximum absolute atomic E-state index is 5.41. The predicted octanol–water partition coefficient (Wildman–Crippen LogP) is 1.21. The summed E-state index contributed by atoms with van der Waals surface area (Å²) in [6.45, 7) is 5.94. The molecule has 1 aromatic rings. The molecule has 0 unspecified atom stereocenters. The van der Waals surface area contributed by atoms with Gasteiger partial charge in [0.15, 0.2) is 0 Å². The monoisotopic (exact) mass is 262 g/mol. The minimum atomic E-state index is 0.438. The summed E-state index contributed by atoms with van der Waals surface area (Å²) in [5, 5.41) is 3.64. The number of methoxy groups -OCH3 is 1. The molecule has 1 atom stereocenters. The van der Waals surface area contributed by atoms with E-state index in [9.17, 15) is 0 Å². The lowest BCUT2D eigenvalue weighted by atomic mass is 9.93. The van der Waals surface area contributed by atoms with Crippen LogP contribution in [0.5, 0.6) is 5.75 Å². The van der Waals surface area contributed by atoms with E-state index in [0.717, 1.165) is 51.6 Å². The first kappa shape index (κ1) is 12.9. The molecule has 0 aliphatic carbocycles. The Balaban J connectivity index is 1.74. The summed E-state index contributed by atoms with van der Waals surface area (Å²) >= 11 is 0. The quantitative estimate of drug-likeness (QED) is 0.888. The smallest absolute Gasteiger partial charge is 0.119 e. The van der Waals surface area contributed by atoms with Gasteiger partial charge in [0.05, 0.1) is 20.3 Å².